The molecule has 0 saturated heterocycles. The molecule has 0 radical (unpaired) electrons. The number of hydrogen-bond donors (Lipinski definition) is 2. The van der Waals surface area contributed by atoms with Gasteiger partial charge < -0.3 is 15.4 Å². The van der Waals surface area contributed by atoms with Gasteiger partial charge >= 0.3 is 5.97 Å². The molecule has 20 heavy (non-hydrogen) atoms. The van der Waals surface area contributed by atoms with Crippen LogP contribution in [0.1, 0.15) is 13.3 Å². The predicted molar refractivity (Wildman–Crippen MR) is 77.0 cm³/mol. The van der Waals surface area contributed by atoms with E-state index in [0.717, 1.165) is 4.47 Å². The van der Waals surface area contributed by atoms with Crippen molar-refractivity contribution in [3.8, 4) is 0 Å². The predicted octanol–water partition coefficient (Wildman–Crippen LogP) is 1.46. The van der Waals surface area contributed by atoms with Crippen LogP contribution in [0.2, 0.25) is 0 Å². The minimum absolute atomic E-state index is 0.191. The van der Waals surface area contributed by atoms with Gasteiger partial charge in [0.25, 0.3) is 5.91 Å². The summed E-state index contributed by atoms with van der Waals surface area (Å²) in [4.78, 5) is 33.8. The van der Waals surface area contributed by atoms with Gasteiger partial charge in [0, 0.05) is 10.9 Å². The lowest BCUT2D eigenvalue weighted by Crippen LogP contribution is -2.35. The minimum atomic E-state index is -0.519. The number of nitrogens with one attached hydrogen (secondary N) is 2. The lowest BCUT2D eigenvalue weighted by molar-refractivity contribution is -0.148. The maximum atomic E-state index is 11.6. The average Bonchev–Trinajstić information content (AvgIpc) is 2.45. The first-order valence-corrected chi connectivity index (χ1v) is 6.79. The second-order valence-corrected chi connectivity index (χ2v) is 4.67. The first kappa shape index (κ1) is 16.2. The number of esters is 1. The van der Waals surface area contributed by atoms with E-state index in [2.05, 4.69) is 31.3 Å². The molecule has 0 atom stereocenters. The molecule has 1 rings (SSSR count). The van der Waals surface area contributed by atoms with E-state index in [4.69, 9.17) is 0 Å². The number of halogens is 1. The standard InChI is InChI=1S/C13H15BrN2O4/c1-2-13(19)20-8-12(18)15-7-11(17)16-10-6-4-3-5-9(10)14/h3-6H,2,7-8H2,1H3,(H,15,18)(H,16,17). The Labute approximate surface area is 125 Å². The largest absolute Gasteiger partial charge is 0.456 e. The summed E-state index contributed by atoms with van der Waals surface area (Å²) in [6, 6.07) is 7.12. The topological polar surface area (TPSA) is 84.5 Å². The Balaban J connectivity index is 2.31. The number of ether oxygens (including phenoxy) is 1. The van der Waals surface area contributed by atoms with Crippen LogP contribution in [0.15, 0.2) is 28.7 Å². The normalized spacial score (nSPS) is 9.70. The number of anilines is 1. The summed E-state index contributed by atoms with van der Waals surface area (Å²) >= 11 is 3.29. The maximum absolute atomic E-state index is 11.6. The van der Waals surface area contributed by atoms with Gasteiger partial charge in [-0.3, -0.25) is 14.4 Å². The van der Waals surface area contributed by atoms with Gasteiger partial charge in [-0.15, -0.1) is 0 Å². The van der Waals surface area contributed by atoms with Gasteiger partial charge in [-0.2, -0.15) is 0 Å². The Bertz CT molecular complexity index is 505. The smallest absolute Gasteiger partial charge is 0.306 e. The molecule has 0 bridgehead atoms. The second kappa shape index (κ2) is 8.31. The SMILES string of the molecule is CCC(=O)OCC(=O)NCC(=O)Nc1ccccc1Br. The Morgan fingerprint density at radius 3 is 2.55 bits per heavy atom. The molecule has 0 aromatic heterocycles. The second-order valence-electron chi connectivity index (χ2n) is 3.82. The van der Waals surface area contributed by atoms with E-state index in [9.17, 15) is 14.4 Å². The quantitative estimate of drug-likeness (QED) is 0.766. The summed E-state index contributed by atoms with van der Waals surface area (Å²) in [5, 5.41) is 4.99. The van der Waals surface area contributed by atoms with E-state index < -0.39 is 11.9 Å². The molecule has 7 heteroatoms. The van der Waals surface area contributed by atoms with Crippen molar-refractivity contribution >= 4 is 39.4 Å². The van der Waals surface area contributed by atoms with Crippen LogP contribution >= 0.6 is 15.9 Å². The third-order valence-electron chi connectivity index (χ3n) is 2.25. The number of rotatable bonds is 6. The molecule has 0 unspecified atom stereocenters. The molecule has 0 fully saturated rings. The van der Waals surface area contributed by atoms with Crippen molar-refractivity contribution in [3.05, 3.63) is 28.7 Å². The van der Waals surface area contributed by atoms with Gasteiger partial charge in [0.2, 0.25) is 5.91 Å². The molecule has 0 saturated carbocycles. The van der Waals surface area contributed by atoms with Crippen molar-refractivity contribution in [2.75, 3.05) is 18.5 Å². The molecule has 0 aliphatic heterocycles. The van der Waals surface area contributed by atoms with Crippen molar-refractivity contribution in [2.24, 2.45) is 0 Å². The molecule has 0 aliphatic rings. The molecular formula is C13H15BrN2O4. The summed E-state index contributed by atoms with van der Waals surface area (Å²) in [5.41, 5.74) is 0.615. The molecule has 0 spiro atoms. The van der Waals surface area contributed by atoms with Crippen LogP contribution in [0.4, 0.5) is 5.69 Å². The fourth-order valence-electron chi connectivity index (χ4n) is 1.23. The molecule has 0 aliphatic carbocycles. The third-order valence-corrected chi connectivity index (χ3v) is 2.94. The summed E-state index contributed by atoms with van der Waals surface area (Å²) in [6.07, 6.45) is 0.204. The molecule has 2 N–H and O–H groups in total. The van der Waals surface area contributed by atoms with Crippen molar-refractivity contribution in [3.63, 3.8) is 0 Å². The molecule has 108 valence electrons. The summed E-state index contributed by atoms with van der Waals surface area (Å²) in [7, 11) is 0. The highest BCUT2D eigenvalue weighted by Crippen LogP contribution is 2.20. The van der Waals surface area contributed by atoms with Crippen LogP contribution in [0.3, 0.4) is 0 Å². The molecule has 1 aromatic rings. The lowest BCUT2D eigenvalue weighted by Gasteiger charge is -2.08. The highest BCUT2D eigenvalue weighted by Gasteiger charge is 2.09. The van der Waals surface area contributed by atoms with Crippen LogP contribution < -0.4 is 10.6 Å². The van der Waals surface area contributed by atoms with Crippen molar-refractivity contribution in [1.82, 2.24) is 5.32 Å². The van der Waals surface area contributed by atoms with E-state index >= 15 is 0 Å². The highest BCUT2D eigenvalue weighted by molar-refractivity contribution is 9.10. The van der Waals surface area contributed by atoms with Gasteiger partial charge in [-0.25, -0.2) is 0 Å². The van der Waals surface area contributed by atoms with Crippen LogP contribution in [-0.2, 0) is 19.1 Å². The van der Waals surface area contributed by atoms with Crippen LogP contribution in [-0.4, -0.2) is 30.9 Å². The zero-order valence-corrected chi connectivity index (χ0v) is 12.5. The molecule has 2 amide bonds. The Kier molecular flexibility index (Phi) is 6.72. The van der Waals surface area contributed by atoms with Crippen molar-refractivity contribution in [1.29, 1.82) is 0 Å². The Morgan fingerprint density at radius 2 is 1.90 bits per heavy atom. The number of carbonyl (C=O) groups is 3. The lowest BCUT2D eigenvalue weighted by atomic mass is 10.3. The average molecular weight is 343 g/mol. The van der Waals surface area contributed by atoms with E-state index in [1.54, 1.807) is 25.1 Å². The Hall–Kier alpha value is -1.89. The number of para-hydroxylation sites is 1. The van der Waals surface area contributed by atoms with Crippen LogP contribution in [0.5, 0.6) is 0 Å². The number of hydrogen-bond acceptors (Lipinski definition) is 4. The highest BCUT2D eigenvalue weighted by atomic mass is 79.9. The third kappa shape index (κ3) is 5.83. The first-order valence-electron chi connectivity index (χ1n) is 5.99. The number of amides is 2. The maximum Gasteiger partial charge on any atom is 0.306 e. The zero-order valence-electron chi connectivity index (χ0n) is 10.9. The molecule has 6 nitrogen and oxygen atoms in total. The monoisotopic (exact) mass is 342 g/mol. The van der Waals surface area contributed by atoms with Crippen LogP contribution in [0.25, 0.3) is 0 Å². The van der Waals surface area contributed by atoms with Crippen molar-refractivity contribution < 1.29 is 19.1 Å². The van der Waals surface area contributed by atoms with E-state index in [1.165, 1.54) is 0 Å². The van der Waals surface area contributed by atoms with Gasteiger partial charge in [0.15, 0.2) is 6.61 Å². The minimum Gasteiger partial charge on any atom is -0.456 e. The summed E-state index contributed by atoms with van der Waals surface area (Å²) in [5.74, 6) is -1.35. The summed E-state index contributed by atoms with van der Waals surface area (Å²) < 4.78 is 5.38. The van der Waals surface area contributed by atoms with Gasteiger partial charge in [-0.05, 0) is 28.1 Å². The van der Waals surface area contributed by atoms with E-state index in [-0.39, 0.29) is 25.5 Å². The fourth-order valence-corrected chi connectivity index (χ4v) is 1.62. The molecule has 0 heterocycles. The molecule has 1 aromatic carbocycles. The van der Waals surface area contributed by atoms with Crippen LogP contribution in [0, 0.1) is 0 Å². The van der Waals surface area contributed by atoms with E-state index in [0.29, 0.717) is 5.69 Å². The fraction of sp³-hybridized carbons (Fsp3) is 0.308. The summed E-state index contributed by atoms with van der Waals surface area (Å²) in [6.45, 7) is 1.06. The number of benzene rings is 1. The van der Waals surface area contributed by atoms with Gasteiger partial charge in [-0.1, -0.05) is 19.1 Å². The van der Waals surface area contributed by atoms with Gasteiger partial charge in [0.1, 0.15) is 0 Å². The Morgan fingerprint density at radius 1 is 1.20 bits per heavy atom. The zero-order chi connectivity index (χ0) is 15.0. The number of carbonyl (C=O) groups excluding carboxylic acids is 3. The van der Waals surface area contributed by atoms with E-state index in [1.807, 2.05) is 6.07 Å². The first-order chi connectivity index (χ1) is 9.52. The van der Waals surface area contributed by atoms with Gasteiger partial charge in [0.05, 0.1) is 12.2 Å². The van der Waals surface area contributed by atoms with Crippen molar-refractivity contribution in [2.45, 2.75) is 13.3 Å². The molecular weight excluding hydrogens is 328 g/mol.